The summed E-state index contributed by atoms with van der Waals surface area (Å²) >= 11 is 6.09. The van der Waals surface area contributed by atoms with Gasteiger partial charge >= 0.3 is 6.18 Å². The van der Waals surface area contributed by atoms with Gasteiger partial charge in [-0.05, 0) is 49.9 Å². The molecule has 5 heterocycles. The lowest BCUT2D eigenvalue weighted by molar-refractivity contribution is -0.144. The third-order valence-corrected chi connectivity index (χ3v) is 6.87. The highest BCUT2D eigenvalue weighted by molar-refractivity contribution is 6.31. The average Bonchev–Trinajstić information content (AvgIpc) is 3.20. The Morgan fingerprint density at radius 3 is 2.65 bits per heavy atom. The van der Waals surface area contributed by atoms with E-state index in [0.717, 1.165) is 66.7 Å². The van der Waals surface area contributed by atoms with Gasteiger partial charge in [0.25, 0.3) is 0 Å². The zero-order valence-electron chi connectivity index (χ0n) is 17.9. The first-order chi connectivity index (χ1) is 16.3. The van der Waals surface area contributed by atoms with Crippen molar-refractivity contribution in [3.63, 3.8) is 0 Å². The van der Waals surface area contributed by atoms with Gasteiger partial charge in [0, 0.05) is 18.9 Å². The molecule has 0 aromatic carbocycles. The van der Waals surface area contributed by atoms with E-state index in [-0.39, 0.29) is 11.2 Å². The van der Waals surface area contributed by atoms with Gasteiger partial charge in [-0.2, -0.15) is 13.2 Å². The number of fused-ring (bicyclic) bond motifs is 2. The van der Waals surface area contributed by atoms with Gasteiger partial charge in [-0.15, -0.1) is 0 Å². The summed E-state index contributed by atoms with van der Waals surface area (Å²) in [5, 5.41) is 0.538. The molecule has 0 unspecified atom stereocenters. The summed E-state index contributed by atoms with van der Waals surface area (Å²) in [7, 11) is 0. The molecule has 6 rings (SSSR count). The van der Waals surface area contributed by atoms with E-state index in [0.29, 0.717) is 17.2 Å². The van der Waals surface area contributed by atoms with Crippen LogP contribution in [-0.2, 0) is 18.0 Å². The van der Waals surface area contributed by atoms with Gasteiger partial charge < -0.3 is 9.88 Å². The van der Waals surface area contributed by atoms with Gasteiger partial charge in [0.2, 0.25) is 5.82 Å². The second-order valence-electron chi connectivity index (χ2n) is 8.70. The molecule has 0 spiro atoms. The van der Waals surface area contributed by atoms with E-state index in [4.69, 9.17) is 21.6 Å². The minimum Gasteiger partial charge on any atom is -0.340 e. The molecule has 1 aliphatic carbocycles. The molecule has 0 bridgehead atoms. The highest BCUT2D eigenvalue weighted by Gasteiger charge is 2.45. The molecule has 174 valence electrons. The van der Waals surface area contributed by atoms with Gasteiger partial charge in [0.05, 0.1) is 33.0 Å². The van der Waals surface area contributed by atoms with Crippen LogP contribution in [0.3, 0.4) is 0 Å². The SMILES string of the molecule is FC(F)(F)c1nccc(N2CCCc3nc(C4(c5nc6ncc(Cl)cc6[nH]5)CCC4)ccc32)n1. The Morgan fingerprint density at radius 2 is 1.88 bits per heavy atom. The van der Waals surface area contributed by atoms with Crippen LogP contribution in [0.25, 0.3) is 11.2 Å². The summed E-state index contributed by atoms with van der Waals surface area (Å²) in [6.07, 6.45) is 2.47. The van der Waals surface area contributed by atoms with Crippen molar-refractivity contribution in [3.05, 3.63) is 64.7 Å². The van der Waals surface area contributed by atoms with E-state index in [2.05, 4.69) is 19.9 Å². The van der Waals surface area contributed by atoms with Crippen LogP contribution in [0.4, 0.5) is 24.7 Å². The summed E-state index contributed by atoms with van der Waals surface area (Å²) < 4.78 is 39.4. The van der Waals surface area contributed by atoms with Crippen molar-refractivity contribution >= 4 is 34.3 Å². The van der Waals surface area contributed by atoms with Crippen molar-refractivity contribution < 1.29 is 13.2 Å². The molecule has 4 aromatic rings. The predicted molar refractivity (Wildman–Crippen MR) is 120 cm³/mol. The fourth-order valence-electron chi connectivity index (χ4n) is 4.84. The number of pyridine rings is 2. The fraction of sp³-hybridized carbons (Fsp3) is 0.348. The maximum Gasteiger partial charge on any atom is 0.451 e. The molecule has 2 aliphatic rings. The number of aryl methyl sites for hydroxylation is 1. The molecular weight excluding hydrogens is 467 g/mol. The number of hydrogen-bond donors (Lipinski definition) is 1. The first-order valence-electron chi connectivity index (χ1n) is 11.0. The molecule has 7 nitrogen and oxygen atoms in total. The van der Waals surface area contributed by atoms with Gasteiger partial charge in [-0.3, -0.25) is 4.98 Å². The molecule has 0 atom stereocenters. The molecule has 11 heteroatoms. The van der Waals surface area contributed by atoms with Crippen LogP contribution in [0, 0.1) is 0 Å². The normalized spacial score (nSPS) is 17.5. The first-order valence-corrected chi connectivity index (χ1v) is 11.4. The molecule has 34 heavy (non-hydrogen) atoms. The minimum atomic E-state index is -4.60. The zero-order chi connectivity index (χ0) is 23.5. The average molecular weight is 486 g/mol. The Morgan fingerprint density at radius 1 is 1.03 bits per heavy atom. The van der Waals surface area contributed by atoms with Gasteiger partial charge in [0.15, 0.2) is 5.65 Å². The smallest absolute Gasteiger partial charge is 0.340 e. The van der Waals surface area contributed by atoms with Crippen LogP contribution >= 0.6 is 11.6 Å². The second-order valence-corrected chi connectivity index (χ2v) is 9.14. The Bertz CT molecular complexity index is 1400. The van der Waals surface area contributed by atoms with Crippen molar-refractivity contribution in [1.82, 2.24) is 29.9 Å². The minimum absolute atomic E-state index is 0.219. The largest absolute Gasteiger partial charge is 0.451 e. The summed E-state index contributed by atoms with van der Waals surface area (Å²) in [6.45, 7) is 0.559. The maximum atomic E-state index is 13.1. The van der Waals surface area contributed by atoms with Crippen LogP contribution < -0.4 is 4.90 Å². The Kier molecular flexibility index (Phi) is 4.77. The summed E-state index contributed by atoms with van der Waals surface area (Å²) in [5.74, 6) is -0.112. The van der Waals surface area contributed by atoms with E-state index in [1.165, 1.54) is 6.07 Å². The van der Waals surface area contributed by atoms with Crippen molar-refractivity contribution in [2.24, 2.45) is 0 Å². The predicted octanol–water partition coefficient (Wildman–Crippen LogP) is 5.37. The lowest BCUT2D eigenvalue weighted by Gasteiger charge is -2.40. The third kappa shape index (κ3) is 3.39. The molecule has 1 aliphatic heterocycles. The van der Waals surface area contributed by atoms with Crippen molar-refractivity contribution in [3.8, 4) is 0 Å². The number of hydrogen-bond acceptors (Lipinski definition) is 6. The number of nitrogens with zero attached hydrogens (tertiary/aromatic N) is 6. The van der Waals surface area contributed by atoms with Crippen LogP contribution in [0.5, 0.6) is 0 Å². The number of halogens is 4. The maximum absolute atomic E-state index is 13.1. The van der Waals surface area contributed by atoms with Crippen LogP contribution in [0.1, 0.15) is 48.7 Å². The molecule has 1 saturated carbocycles. The lowest BCUT2D eigenvalue weighted by Crippen LogP contribution is -2.38. The van der Waals surface area contributed by atoms with Gasteiger partial charge in [0.1, 0.15) is 11.6 Å². The van der Waals surface area contributed by atoms with Gasteiger partial charge in [-0.1, -0.05) is 18.0 Å². The third-order valence-electron chi connectivity index (χ3n) is 6.66. The molecular formula is C23H19ClF3N7. The highest BCUT2D eigenvalue weighted by Crippen LogP contribution is 2.48. The number of rotatable bonds is 3. The Balaban J connectivity index is 1.39. The summed E-state index contributed by atoms with van der Waals surface area (Å²) in [4.78, 5) is 26.4. The van der Waals surface area contributed by atoms with E-state index in [1.807, 2.05) is 18.2 Å². The second kappa shape index (κ2) is 7.63. The van der Waals surface area contributed by atoms with Crippen molar-refractivity contribution in [1.29, 1.82) is 0 Å². The molecule has 1 fully saturated rings. The van der Waals surface area contributed by atoms with E-state index < -0.39 is 12.0 Å². The van der Waals surface area contributed by atoms with Crippen molar-refractivity contribution in [2.75, 3.05) is 11.4 Å². The van der Waals surface area contributed by atoms with E-state index in [1.54, 1.807) is 11.1 Å². The van der Waals surface area contributed by atoms with Gasteiger partial charge in [-0.25, -0.2) is 19.9 Å². The number of H-pyrrole nitrogens is 1. The Labute approximate surface area is 197 Å². The topological polar surface area (TPSA) is 83.5 Å². The summed E-state index contributed by atoms with van der Waals surface area (Å²) in [6, 6.07) is 7.19. The number of nitrogens with one attached hydrogen (secondary N) is 1. The highest BCUT2D eigenvalue weighted by atomic mass is 35.5. The van der Waals surface area contributed by atoms with E-state index >= 15 is 0 Å². The quantitative estimate of drug-likeness (QED) is 0.420. The first kappa shape index (κ1) is 21.3. The summed E-state index contributed by atoms with van der Waals surface area (Å²) in [5.41, 5.74) is 3.57. The number of aromatic nitrogens is 6. The monoisotopic (exact) mass is 485 g/mol. The van der Waals surface area contributed by atoms with Crippen LogP contribution in [-0.4, -0.2) is 36.4 Å². The molecule has 0 amide bonds. The molecule has 1 N–H and O–H groups in total. The van der Waals surface area contributed by atoms with E-state index in [9.17, 15) is 13.2 Å². The molecule has 0 saturated heterocycles. The number of imidazole rings is 1. The molecule has 4 aromatic heterocycles. The standard InChI is InChI=1S/C23H19ClF3N7/c24-13-11-15-19(29-12-13)33-20(31-15)22(7-2-8-22)17-5-4-16-14(30-17)3-1-10-34(16)18-6-9-28-21(32-18)23(25,26)27/h4-6,9,11-12H,1-3,7-8,10H2,(H,29,31,33). The zero-order valence-corrected chi connectivity index (χ0v) is 18.7. The fourth-order valence-corrected chi connectivity index (χ4v) is 4.99. The number of aromatic amines is 1. The Hall–Kier alpha value is -3.27. The lowest BCUT2D eigenvalue weighted by atomic mass is 9.65. The number of alkyl halides is 3. The number of anilines is 2. The van der Waals surface area contributed by atoms with Crippen LogP contribution in [0.15, 0.2) is 36.7 Å². The van der Waals surface area contributed by atoms with Crippen molar-refractivity contribution in [2.45, 2.75) is 43.7 Å². The van der Waals surface area contributed by atoms with Crippen LogP contribution in [0.2, 0.25) is 5.02 Å². The molecule has 0 radical (unpaired) electrons.